The minimum atomic E-state index is -0.683. The molecule has 0 aromatic carbocycles. The van der Waals surface area contributed by atoms with E-state index >= 15 is 0 Å². The van der Waals surface area contributed by atoms with Crippen molar-refractivity contribution in [2.45, 2.75) is 50.3 Å². The van der Waals surface area contributed by atoms with Crippen molar-refractivity contribution in [2.24, 2.45) is 11.8 Å². The summed E-state index contributed by atoms with van der Waals surface area (Å²) in [6, 6.07) is 0.778. The smallest absolute Gasteiger partial charge is 0.306 e. The highest BCUT2D eigenvalue weighted by Crippen LogP contribution is 2.45. The summed E-state index contributed by atoms with van der Waals surface area (Å²) in [4.78, 5) is 13.4. The number of aliphatic hydroxyl groups is 1. The van der Waals surface area contributed by atoms with Gasteiger partial charge in [0.1, 0.15) is 0 Å². The number of hydrogen-bond acceptors (Lipinski definition) is 3. The van der Waals surface area contributed by atoms with Gasteiger partial charge in [0, 0.05) is 18.0 Å². The van der Waals surface area contributed by atoms with E-state index in [9.17, 15) is 9.90 Å². The molecule has 5 atom stereocenters. The standard InChI is InChI=1S/C12H19NO3/c14-11-8-6-7(12(15)16)3-4-9(8)13-5-1-2-10(11)13/h7-11,14H,1-6H2,(H,15,16)/t7-,8+,9+,10-,11+/m0/s1. The van der Waals surface area contributed by atoms with Gasteiger partial charge >= 0.3 is 5.97 Å². The van der Waals surface area contributed by atoms with Gasteiger partial charge in [0.05, 0.1) is 12.0 Å². The summed E-state index contributed by atoms with van der Waals surface area (Å²) in [6.45, 7) is 1.10. The lowest BCUT2D eigenvalue weighted by molar-refractivity contribution is -0.144. The molecule has 2 aliphatic heterocycles. The van der Waals surface area contributed by atoms with Gasteiger partial charge in [-0.15, -0.1) is 0 Å². The lowest BCUT2D eigenvalue weighted by Gasteiger charge is -2.33. The third-order valence-electron chi connectivity index (χ3n) is 4.81. The van der Waals surface area contributed by atoms with Gasteiger partial charge in [0.25, 0.3) is 0 Å². The summed E-state index contributed by atoms with van der Waals surface area (Å²) in [5.41, 5.74) is 0. The SMILES string of the molecule is O=C(O)[C@H]1CC[C@@H]2[C@@H](C1)[C@@H](O)[C@@H]1CCCN21. The second kappa shape index (κ2) is 3.70. The fraction of sp³-hybridized carbons (Fsp3) is 0.917. The van der Waals surface area contributed by atoms with Gasteiger partial charge in [-0.3, -0.25) is 9.69 Å². The van der Waals surface area contributed by atoms with Crippen molar-refractivity contribution in [1.29, 1.82) is 0 Å². The van der Waals surface area contributed by atoms with Crippen molar-refractivity contribution >= 4 is 5.97 Å². The number of carbonyl (C=O) groups is 1. The Bertz CT molecular complexity index is 307. The molecule has 90 valence electrons. The first-order valence-electron chi connectivity index (χ1n) is 6.35. The highest BCUT2D eigenvalue weighted by Gasteiger charge is 2.52. The van der Waals surface area contributed by atoms with Crippen LogP contribution in [0.3, 0.4) is 0 Å². The van der Waals surface area contributed by atoms with E-state index in [1.807, 2.05) is 0 Å². The first-order chi connectivity index (χ1) is 7.68. The van der Waals surface area contributed by atoms with Gasteiger partial charge in [-0.1, -0.05) is 0 Å². The molecule has 2 heterocycles. The van der Waals surface area contributed by atoms with E-state index in [1.54, 1.807) is 0 Å². The Kier molecular flexibility index (Phi) is 2.44. The molecule has 4 heteroatoms. The zero-order valence-electron chi connectivity index (χ0n) is 9.38. The Balaban J connectivity index is 1.77. The van der Waals surface area contributed by atoms with Crippen molar-refractivity contribution in [3.05, 3.63) is 0 Å². The second-order valence-electron chi connectivity index (χ2n) is 5.52. The van der Waals surface area contributed by atoms with Crippen LogP contribution in [0.5, 0.6) is 0 Å². The zero-order valence-corrected chi connectivity index (χ0v) is 9.38. The number of hydrogen-bond donors (Lipinski definition) is 2. The summed E-state index contributed by atoms with van der Waals surface area (Å²) < 4.78 is 0. The first-order valence-corrected chi connectivity index (χ1v) is 6.35. The van der Waals surface area contributed by atoms with Crippen molar-refractivity contribution in [3.8, 4) is 0 Å². The van der Waals surface area contributed by atoms with E-state index in [4.69, 9.17) is 5.11 Å². The second-order valence-corrected chi connectivity index (χ2v) is 5.52. The van der Waals surface area contributed by atoms with Crippen molar-refractivity contribution in [1.82, 2.24) is 4.90 Å². The molecule has 0 unspecified atom stereocenters. The average Bonchev–Trinajstić information content (AvgIpc) is 2.83. The Hall–Kier alpha value is -0.610. The topological polar surface area (TPSA) is 60.8 Å². The maximum Gasteiger partial charge on any atom is 0.306 e. The number of nitrogens with zero attached hydrogens (tertiary/aromatic N) is 1. The third-order valence-corrected chi connectivity index (χ3v) is 4.81. The molecule has 2 N–H and O–H groups in total. The molecule has 3 fully saturated rings. The fourth-order valence-electron chi connectivity index (χ4n) is 4.07. The molecule has 3 rings (SSSR count). The fourth-order valence-corrected chi connectivity index (χ4v) is 4.07. The molecule has 0 bridgehead atoms. The monoisotopic (exact) mass is 225 g/mol. The maximum atomic E-state index is 11.0. The van der Waals surface area contributed by atoms with Crippen LogP contribution >= 0.6 is 0 Å². The summed E-state index contributed by atoms with van der Waals surface area (Å²) in [5.74, 6) is -0.700. The molecule has 0 radical (unpaired) electrons. The van der Waals surface area contributed by atoms with E-state index in [1.165, 1.54) is 6.42 Å². The van der Waals surface area contributed by atoms with E-state index in [2.05, 4.69) is 4.90 Å². The van der Waals surface area contributed by atoms with Crippen molar-refractivity contribution in [2.75, 3.05) is 6.54 Å². The third kappa shape index (κ3) is 1.39. The van der Waals surface area contributed by atoms with Crippen LogP contribution < -0.4 is 0 Å². The molecule has 0 aromatic rings. The van der Waals surface area contributed by atoms with Crippen molar-refractivity contribution < 1.29 is 15.0 Å². The van der Waals surface area contributed by atoms with Crippen LogP contribution in [0, 0.1) is 11.8 Å². The van der Waals surface area contributed by atoms with Gasteiger partial charge in [0.15, 0.2) is 0 Å². The molecule has 1 aliphatic carbocycles. The normalized spacial score (nSPS) is 47.7. The number of carboxylic acids is 1. The molecule has 3 aliphatic rings. The van der Waals surface area contributed by atoms with Gasteiger partial charge in [-0.05, 0) is 38.6 Å². The molecule has 2 saturated heterocycles. The molecule has 1 saturated carbocycles. The van der Waals surface area contributed by atoms with Crippen LogP contribution in [0.4, 0.5) is 0 Å². The highest BCUT2D eigenvalue weighted by atomic mass is 16.4. The minimum Gasteiger partial charge on any atom is -0.481 e. The minimum absolute atomic E-state index is 0.208. The number of carboxylic acid groups (broad SMARTS) is 1. The number of aliphatic hydroxyl groups excluding tert-OH is 1. The molecule has 0 aromatic heterocycles. The van der Waals surface area contributed by atoms with Gasteiger partial charge < -0.3 is 10.2 Å². The molecule has 16 heavy (non-hydrogen) atoms. The maximum absolute atomic E-state index is 11.0. The summed E-state index contributed by atoms with van der Waals surface area (Å²) in [5, 5.41) is 19.3. The number of rotatable bonds is 1. The molecule has 4 nitrogen and oxygen atoms in total. The zero-order chi connectivity index (χ0) is 11.3. The van der Waals surface area contributed by atoms with Gasteiger partial charge in [0.2, 0.25) is 0 Å². The lowest BCUT2D eigenvalue weighted by Crippen LogP contribution is -2.39. The van der Waals surface area contributed by atoms with Crippen LogP contribution in [-0.2, 0) is 4.79 Å². The molecule has 0 amide bonds. The number of aliphatic carboxylic acids is 1. The molecular formula is C12H19NO3. The van der Waals surface area contributed by atoms with Crippen LogP contribution in [-0.4, -0.2) is 45.8 Å². The van der Waals surface area contributed by atoms with E-state index < -0.39 is 5.97 Å². The lowest BCUT2D eigenvalue weighted by atomic mass is 9.76. The Morgan fingerprint density at radius 1 is 1.19 bits per heavy atom. The quantitative estimate of drug-likeness (QED) is 0.689. The largest absolute Gasteiger partial charge is 0.481 e. The summed E-state index contributed by atoms with van der Waals surface area (Å²) in [6.07, 6.45) is 4.41. The van der Waals surface area contributed by atoms with E-state index in [0.717, 1.165) is 25.8 Å². The van der Waals surface area contributed by atoms with Crippen LogP contribution in [0.1, 0.15) is 32.1 Å². The number of fused-ring (bicyclic) bond motifs is 3. The first kappa shape index (κ1) is 10.5. The van der Waals surface area contributed by atoms with E-state index in [0.29, 0.717) is 18.5 Å². The predicted octanol–water partition coefficient (Wildman–Crippen LogP) is 0.695. The van der Waals surface area contributed by atoms with Crippen LogP contribution in [0.25, 0.3) is 0 Å². The summed E-state index contributed by atoms with van der Waals surface area (Å²) >= 11 is 0. The Morgan fingerprint density at radius 3 is 2.75 bits per heavy atom. The van der Waals surface area contributed by atoms with Crippen LogP contribution in [0.2, 0.25) is 0 Å². The molecule has 0 spiro atoms. The Labute approximate surface area is 95.2 Å². The van der Waals surface area contributed by atoms with Crippen LogP contribution in [0.15, 0.2) is 0 Å². The summed E-state index contributed by atoms with van der Waals surface area (Å²) in [7, 11) is 0. The van der Waals surface area contributed by atoms with Gasteiger partial charge in [-0.2, -0.15) is 0 Å². The van der Waals surface area contributed by atoms with Crippen molar-refractivity contribution in [3.63, 3.8) is 0 Å². The van der Waals surface area contributed by atoms with E-state index in [-0.39, 0.29) is 17.9 Å². The van der Waals surface area contributed by atoms with Gasteiger partial charge in [-0.25, -0.2) is 0 Å². The highest BCUT2D eigenvalue weighted by molar-refractivity contribution is 5.70. The molecular weight excluding hydrogens is 206 g/mol. The average molecular weight is 225 g/mol. The Morgan fingerprint density at radius 2 is 2.00 bits per heavy atom. The predicted molar refractivity (Wildman–Crippen MR) is 58.0 cm³/mol.